The summed E-state index contributed by atoms with van der Waals surface area (Å²) in [5, 5.41) is 2.84. The van der Waals surface area contributed by atoms with Gasteiger partial charge in [-0.15, -0.1) is 0 Å². The van der Waals surface area contributed by atoms with Crippen molar-refractivity contribution in [1.82, 2.24) is 9.97 Å². The van der Waals surface area contributed by atoms with Crippen molar-refractivity contribution >= 4 is 5.95 Å². The van der Waals surface area contributed by atoms with Crippen LogP contribution in [0.4, 0.5) is 5.95 Å². The molecule has 5 nitrogen and oxygen atoms in total. The molecule has 0 aliphatic heterocycles. The summed E-state index contributed by atoms with van der Waals surface area (Å²) in [6.45, 7) is 3.74. The Kier molecular flexibility index (Phi) is 4.71. The van der Waals surface area contributed by atoms with Crippen molar-refractivity contribution in [3.63, 3.8) is 0 Å². The second-order valence-electron chi connectivity index (χ2n) is 2.51. The smallest absolute Gasteiger partial charge is 0.225 e. The molecule has 1 aromatic rings. The molecule has 1 aromatic heterocycles. The average Bonchev–Trinajstić information content (AvgIpc) is 2.25. The minimum absolute atomic E-state index is 0.508. The second kappa shape index (κ2) is 6.15. The maximum Gasteiger partial charge on any atom is 0.225 e. The fourth-order valence-corrected chi connectivity index (χ4v) is 0.892. The highest BCUT2D eigenvalue weighted by Gasteiger charge is 1.97. The van der Waals surface area contributed by atoms with Gasteiger partial charge in [-0.05, 0) is 6.92 Å². The summed E-state index contributed by atoms with van der Waals surface area (Å²) in [5.74, 6) is 1.11. The van der Waals surface area contributed by atoms with Crippen LogP contribution in [0, 0.1) is 0 Å². The highest BCUT2D eigenvalue weighted by molar-refractivity contribution is 5.25. The third-order valence-electron chi connectivity index (χ3n) is 1.54. The van der Waals surface area contributed by atoms with Crippen molar-refractivity contribution in [2.75, 3.05) is 32.2 Å². The Labute approximate surface area is 83.5 Å². The first-order valence-electron chi connectivity index (χ1n) is 4.58. The van der Waals surface area contributed by atoms with Crippen LogP contribution < -0.4 is 10.1 Å². The summed E-state index contributed by atoms with van der Waals surface area (Å²) in [6.07, 6.45) is 1.65. The van der Waals surface area contributed by atoms with Crippen LogP contribution in [-0.2, 0) is 4.74 Å². The molecule has 0 aromatic carbocycles. The van der Waals surface area contributed by atoms with Gasteiger partial charge in [0.25, 0.3) is 0 Å². The molecule has 0 unspecified atom stereocenters. The van der Waals surface area contributed by atoms with Gasteiger partial charge in [-0.3, -0.25) is 0 Å². The standard InChI is InChI=1S/C9H15N3O2/c1-3-13-6-7-14-8-4-5-11-9(10-2)12-8/h4-5H,3,6-7H2,1-2H3,(H,10,11,12). The van der Waals surface area contributed by atoms with Gasteiger partial charge in [0.1, 0.15) is 6.61 Å². The zero-order chi connectivity index (χ0) is 10.2. The van der Waals surface area contributed by atoms with Crippen molar-refractivity contribution in [1.29, 1.82) is 0 Å². The van der Waals surface area contributed by atoms with Crippen molar-refractivity contribution in [3.05, 3.63) is 12.3 Å². The lowest BCUT2D eigenvalue weighted by Crippen LogP contribution is -2.08. The van der Waals surface area contributed by atoms with Gasteiger partial charge in [0.05, 0.1) is 6.61 Å². The molecule has 1 rings (SSSR count). The van der Waals surface area contributed by atoms with Gasteiger partial charge in [-0.1, -0.05) is 0 Å². The van der Waals surface area contributed by atoms with Crippen LogP contribution in [0.1, 0.15) is 6.92 Å². The highest BCUT2D eigenvalue weighted by Crippen LogP contribution is 2.06. The lowest BCUT2D eigenvalue weighted by molar-refractivity contribution is 0.108. The molecule has 0 spiro atoms. The lowest BCUT2D eigenvalue weighted by Gasteiger charge is -2.05. The molecule has 1 N–H and O–H groups in total. The molecule has 14 heavy (non-hydrogen) atoms. The largest absolute Gasteiger partial charge is 0.475 e. The van der Waals surface area contributed by atoms with Crippen LogP contribution in [0.3, 0.4) is 0 Å². The van der Waals surface area contributed by atoms with Gasteiger partial charge in [0, 0.05) is 25.9 Å². The fraction of sp³-hybridized carbons (Fsp3) is 0.556. The van der Waals surface area contributed by atoms with E-state index < -0.39 is 0 Å². The first-order chi connectivity index (χ1) is 6.86. The predicted octanol–water partition coefficient (Wildman–Crippen LogP) is 0.934. The van der Waals surface area contributed by atoms with Crippen molar-refractivity contribution in [3.8, 4) is 5.88 Å². The molecular weight excluding hydrogens is 182 g/mol. The van der Waals surface area contributed by atoms with Crippen molar-refractivity contribution in [2.45, 2.75) is 6.92 Å². The molecule has 0 bridgehead atoms. The van der Waals surface area contributed by atoms with E-state index in [2.05, 4.69) is 15.3 Å². The number of anilines is 1. The van der Waals surface area contributed by atoms with Crippen molar-refractivity contribution < 1.29 is 9.47 Å². The van der Waals surface area contributed by atoms with E-state index >= 15 is 0 Å². The van der Waals surface area contributed by atoms with Gasteiger partial charge in [0.15, 0.2) is 0 Å². The zero-order valence-corrected chi connectivity index (χ0v) is 8.49. The van der Waals surface area contributed by atoms with E-state index in [0.29, 0.717) is 31.6 Å². The Morgan fingerprint density at radius 2 is 2.29 bits per heavy atom. The van der Waals surface area contributed by atoms with Crippen LogP contribution in [0.2, 0.25) is 0 Å². The summed E-state index contributed by atoms with van der Waals surface area (Å²) in [7, 11) is 1.76. The summed E-state index contributed by atoms with van der Waals surface area (Å²) < 4.78 is 10.5. The SMILES string of the molecule is CCOCCOc1ccnc(NC)n1. The van der Waals surface area contributed by atoms with Gasteiger partial charge < -0.3 is 14.8 Å². The monoisotopic (exact) mass is 197 g/mol. The van der Waals surface area contributed by atoms with E-state index in [-0.39, 0.29) is 0 Å². The van der Waals surface area contributed by atoms with E-state index in [4.69, 9.17) is 9.47 Å². The van der Waals surface area contributed by atoms with E-state index in [1.54, 1.807) is 19.3 Å². The third-order valence-corrected chi connectivity index (χ3v) is 1.54. The van der Waals surface area contributed by atoms with E-state index in [1.807, 2.05) is 6.92 Å². The Hall–Kier alpha value is -1.36. The quantitative estimate of drug-likeness (QED) is 0.688. The summed E-state index contributed by atoms with van der Waals surface area (Å²) in [5.41, 5.74) is 0. The van der Waals surface area contributed by atoms with Crippen LogP contribution in [0.5, 0.6) is 5.88 Å². The normalized spacial score (nSPS) is 9.86. The summed E-state index contributed by atoms with van der Waals surface area (Å²) in [6, 6.07) is 1.72. The molecule has 0 radical (unpaired) electrons. The fourth-order valence-electron chi connectivity index (χ4n) is 0.892. The van der Waals surface area contributed by atoms with E-state index in [0.717, 1.165) is 0 Å². The van der Waals surface area contributed by atoms with Crippen LogP contribution >= 0.6 is 0 Å². The first-order valence-corrected chi connectivity index (χ1v) is 4.58. The predicted molar refractivity (Wildman–Crippen MR) is 53.6 cm³/mol. The Balaban J connectivity index is 2.34. The van der Waals surface area contributed by atoms with Gasteiger partial charge in [-0.25, -0.2) is 4.98 Å². The number of hydrogen-bond donors (Lipinski definition) is 1. The third kappa shape index (κ3) is 3.57. The minimum atomic E-state index is 0.508. The summed E-state index contributed by atoms with van der Waals surface area (Å²) >= 11 is 0. The van der Waals surface area contributed by atoms with E-state index in [9.17, 15) is 0 Å². The van der Waals surface area contributed by atoms with Gasteiger partial charge >= 0.3 is 0 Å². The van der Waals surface area contributed by atoms with Gasteiger partial charge in [0.2, 0.25) is 11.8 Å². The number of hydrogen-bond acceptors (Lipinski definition) is 5. The van der Waals surface area contributed by atoms with Crippen LogP contribution in [0.15, 0.2) is 12.3 Å². The Bertz CT molecular complexity index is 268. The molecule has 1 heterocycles. The van der Waals surface area contributed by atoms with Crippen LogP contribution in [0.25, 0.3) is 0 Å². The molecular formula is C9H15N3O2. The van der Waals surface area contributed by atoms with Crippen LogP contribution in [-0.4, -0.2) is 36.8 Å². The molecule has 0 aliphatic carbocycles. The van der Waals surface area contributed by atoms with Crippen molar-refractivity contribution in [2.24, 2.45) is 0 Å². The Morgan fingerprint density at radius 1 is 1.43 bits per heavy atom. The number of nitrogens with zero attached hydrogens (tertiary/aromatic N) is 2. The molecule has 0 amide bonds. The molecule has 78 valence electrons. The second-order valence-corrected chi connectivity index (χ2v) is 2.51. The highest BCUT2D eigenvalue weighted by atomic mass is 16.5. The number of nitrogens with one attached hydrogen (secondary N) is 1. The lowest BCUT2D eigenvalue weighted by atomic mass is 10.6. The maximum absolute atomic E-state index is 5.33. The molecule has 0 aliphatic rings. The first kappa shape index (κ1) is 10.7. The molecule has 0 saturated heterocycles. The van der Waals surface area contributed by atoms with Gasteiger partial charge in [-0.2, -0.15) is 4.98 Å². The Morgan fingerprint density at radius 3 is 3.00 bits per heavy atom. The average molecular weight is 197 g/mol. The number of aromatic nitrogens is 2. The minimum Gasteiger partial charge on any atom is -0.475 e. The molecule has 0 fully saturated rings. The molecule has 5 heteroatoms. The summed E-state index contributed by atoms with van der Waals surface area (Å²) in [4.78, 5) is 8.06. The van der Waals surface area contributed by atoms with E-state index in [1.165, 1.54) is 0 Å². The molecule has 0 saturated carbocycles. The number of ether oxygens (including phenoxy) is 2. The zero-order valence-electron chi connectivity index (χ0n) is 8.49. The number of rotatable bonds is 6. The topological polar surface area (TPSA) is 56.3 Å². The maximum atomic E-state index is 5.33. The molecule has 0 atom stereocenters.